The molecule has 0 radical (unpaired) electrons. The number of halogens is 1. The molecular weight excluding hydrogens is 505 g/mol. The number of carboxylic acid groups (broad SMARTS) is 3. The molecule has 0 aliphatic carbocycles. The zero-order valence-corrected chi connectivity index (χ0v) is 18.4. The van der Waals surface area contributed by atoms with Crippen molar-refractivity contribution >= 4 is 46.5 Å². The Kier molecular flexibility index (Phi) is 11.7. The van der Waals surface area contributed by atoms with Crippen LogP contribution in [-0.2, 0) is 20.9 Å². The van der Waals surface area contributed by atoms with Crippen LogP contribution in [0.1, 0.15) is 37.7 Å². The van der Waals surface area contributed by atoms with E-state index < -0.39 is 42.4 Å². The van der Waals surface area contributed by atoms with Crippen LogP contribution >= 0.6 is 22.6 Å². The van der Waals surface area contributed by atoms with Crippen LogP contribution in [0.3, 0.4) is 0 Å². The number of carbonyl (C=O) groups is 4. The Morgan fingerprint density at radius 3 is 1.97 bits per heavy atom. The van der Waals surface area contributed by atoms with Gasteiger partial charge in [0.05, 0.1) is 0 Å². The van der Waals surface area contributed by atoms with E-state index in [-0.39, 0.29) is 12.8 Å². The summed E-state index contributed by atoms with van der Waals surface area (Å²) in [7, 11) is 0. The number of carbonyl (C=O) groups excluding carboxylic acids is 1. The first-order valence-corrected chi connectivity index (χ1v) is 10.5. The van der Waals surface area contributed by atoms with E-state index >= 15 is 0 Å². The van der Waals surface area contributed by atoms with Crippen molar-refractivity contribution in [3.63, 3.8) is 0 Å². The first kappa shape index (κ1) is 25.6. The molecule has 1 aromatic rings. The number of aliphatic carboxylic acids is 3. The fraction of sp³-hybridized carbons (Fsp3) is 0.474. The number of benzene rings is 1. The Labute approximate surface area is 187 Å². The Morgan fingerprint density at radius 1 is 0.867 bits per heavy atom. The van der Waals surface area contributed by atoms with Crippen molar-refractivity contribution in [2.45, 2.75) is 50.7 Å². The summed E-state index contributed by atoms with van der Waals surface area (Å²) in [6.45, 7) is 1.38. The second kappa shape index (κ2) is 13.7. The molecule has 2 amide bonds. The average Bonchev–Trinajstić information content (AvgIpc) is 2.67. The van der Waals surface area contributed by atoms with Crippen LogP contribution in [0, 0.1) is 3.57 Å². The zero-order chi connectivity index (χ0) is 22.5. The molecular formula is C19H26IN3O7. The lowest BCUT2D eigenvalue weighted by atomic mass is 10.1. The van der Waals surface area contributed by atoms with Gasteiger partial charge in [-0.3, -0.25) is 4.79 Å². The Bertz CT molecular complexity index is 727. The van der Waals surface area contributed by atoms with Crippen LogP contribution in [0.5, 0.6) is 0 Å². The van der Waals surface area contributed by atoms with E-state index in [1.165, 1.54) is 0 Å². The lowest BCUT2D eigenvalue weighted by Gasteiger charge is -2.18. The molecule has 0 unspecified atom stereocenters. The van der Waals surface area contributed by atoms with Crippen molar-refractivity contribution in [1.82, 2.24) is 16.0 Å². The van der Waals surface area contributed by atoms with Crippen LogP contribution in [0.25, 0.3) is 0 Å². The molecule has 0 heterocycles. The van der Waals surface area contributed by atoms with Gasteiger partial charge in [0.25, 0.3) is 0 Å². The maximum Gasteiger partial charge on any atom is 0.326 e. The molecule has 0 aromatic heterocycles. The number of hydrogen-bond donors (Lipinski definition) is 6. The Hall–Kier alpha value is -2.41. The Balaban J connectivity index is 2.34. The number of urea groups is 1. The highest BCUT2D eigenvalue weighted by Gasteiger charge is 2.24. The van der Waals surface area contributed by atoms with Gasteiger partial charge in [-0.05, 0) is 72.5 Å². The standard InChI is InChI=1S/C19H26IN3O7/c20-13-6-4-12(5-7-13)11-21-10-2-1-3-14(17(26)27)22-19(30)23-15(18(28)29)8-9-16(24)25/h4-7,14-15,21H,1-3,8-11H2,(H,24,25)(H,26,27)(H,28,29)(H2,22,23,30)/t14-,15-/m0/s1/i20-4. The van der Waals surface area contributed by atoms with Gasteiger partial charge in [0, 0.05) is 16.5 Å². The molecule has 0 saturated heterocycles. The van der Waals surface area contributed by atoms with Crippen LogP contribution in [0.15, 0.2) is 24.3 Å². The summed E-state index contributed by atoms with van der Waals surface area (Å²) < 4.78 is 1.16. The highest BCUT2D eigenvalue weighted by molar-refractivity contribution is 14.1. The summed E-state index contributed by atoms with van der Waals surface area (Å²) in [6.07, 6.45) is 0.684. The summed E-state index contributed by atoms with van der Waals surface area (Å²) in [6, 6.07) is 4.54. The van der Waals surface area contributed by atoms with Gasteiger partial charge >= 0.3 is 23.9 Å². The predicted molar refractivity (Wildman–Crippen MR) is 116 cm³/mol. The number of unbranched alkanes of at least 4 members (excludes halogenated alkanes) is 1. The molecule has 6 N–H and O–H groups in total. The molecule has 10 nitrogen and oxygen atoms in total. The summed E-state index contributed by atoms with van der Waals surface area (Å²) in [4.78, 5) is 44.9. The lowest BCUT2D eigenvalue weighted by Crippen LogP contribution is -2.51. The lowest BCUT2D eigenvalue weighted by molar-refractivity contribution is -0.140. The van der Waals surface area contributed by atoms with Gasteiger partial charge in [-0.2, -0.15) is 0 Å². The largest absolute Gasteiger partial charge is 0.481 e. The third-order valence-electron chi connectivity index (χ3n) is 4.19. The van der Waals surface area contributed by atoms with E-state index in [9.17, 15) is 24.3 Å². The van der Waals surface area contributed by atoms with Crippen LogP contribution in [0.4, 0.5) is 4.79 Å². The summed E-state index contributed by atoms with van der Waals surface area (Å²) in [5.41, 5.74) is 1.15. The Morgan fingerprint density at radius 2 is 1.43 bits per heavy atom. The maximum atomic E-state index is 11.9. The first-order valence-electron chi connectivity index (χ1n) is 9.38. The van der Waals surface area contributed by atoms with Crippen molar-refractivity contribution in [1.29, 1.82) is 0 Å². The quantitative estimate of drug-likeness (QED) is 0.156. The van der Waals surface area contributed by atoms with Gasteiger partial charge in [0.15, 0.2) is 0 Å². The minimum Gasteiger partial charge on any atom is -0.481 e. The van der Waals surface area contributed by atoms with E-state index in [4.69, 9.17) is 10.2 Å². The number of amides is 2. The highest BCUT2D eigenvalue weighted by Crippen LogP contribution is 2.07. The van der Waals surface area contributed by atoms with Gasteiger partial charge in [-0.15, -0.1) is 0 Å². The van der Waals surface area contributed by atoms with Gasteiger partial charge in [0.2, 0.25) is 0 Å². The summed E-state index contributed by atoms with van der Waals surface area (Å²) in [5, 5.41) is 34.5. The molecule has 166 valence electrons. The highest BCUT2D eigenvalue weighted by atomic mass is 123. The maximum absolute atomic E-state index is 11.9. The second-order valence-electron chi connectivity index (χ2n) is 6.63. The number of carboxylic acids is 3. The van der Waals surface area contributed by atoms with Crippen molar-refractivity contribution in [2.24, 2.45) is 0 Å². The van der Waals surface area contributed by atoms with Gasteiger partial charge in [-0.25, -0.2) is 14.4 Å². The fourth-order valence-corrected chi connectivity index (χ4v) is 2.93. The molecule has 0 fully saturated rings. The van der Waals surface area contributed by atoms with Crippen molar-refractivity contribution in [2.75, 3.05) is 6.54 Å². The topological polar surface area (TPSA) is 165 Å². The van der Waals surface area contributed by atoms with Crippen LogP contribution in [0.2, 0.25) is 0 Å². The summed E-state index contributed by atoms with van der Waals surface area (Å²) in [5.74, 6) is -3.81. The molecule has 0 bridgehead atoms. The van der Waals surface area contributed by atoms with Gasteiger partial charge in [-0.1, -0.05) is 12.1 Å². The number of rotatable bonds is 14. The smallest absolute Gasteiger partial charge is 0.326 e. The van der Waals surface area contributed by atoms with Gasteiger partial charge < -0.3 is 31.3 Å². The SMILES string of the molecule is O=C(O)CC[C@H](NC(=O)N[C@@H](CCCCNCc1ccc([123I])cc1)C(=O)O)C(=O)O. The monoisotopic (exact) mass is 531 g/mol. The number of nitrogens with one attached hydrogen (secondary N) is 3. The second-order valence-corrected chi connectivity index (χ2v) is 7.88. The molecule has 11 heteroatoms. The fourth-order valence-electron chi connectivity index (χ4n) is 2.57. The average molecular weight is 531 g/mol. The van der Waals surface area contributed by atoms with E-state index in [0.29, 0.717) is 25.9 Å². The van der Waals surface area contributed by atoms with Crippen molar-refractivity contribution < 1.29 is 34.5 Å². The first-order chi connectivity index (χ1) is 14.2. The summed E-state index contributed by atoms with van der Waals surface area (Å²) >= 11 is 2.23. The molecule has 30 heavy (non-hydrogen) atoms. The van der Waals surface area contributed by atoms with E-state index in [2.05, 4.69) is 38.5 Å². The molecule has 1 rings (SSSR count). The van der Waals surface area contributed by atoms with E-state index in [1.54, 1.807) is 0 Å². The molecule has 0 aliphatic heterocycles. The van der Waals surface area contributed by atoms with Crippen molar-refractivity contribution in [3.05, 3.63) is 33.4 Å². The van der Waals surface area contributed by atoms with Crippen LogP contribution in [-0.4, -0.2) is 57.9 Å². The molecule has 0 aliphatic rings. The molecule has 1 aromatic carbocycles. The van der Waals surface area contributed by atoms with Crippen LogP contribution < -0.4 is 16.0 Å². The normalized spacial score (nSPS) is 12.6. The van der Waals surface area contributed by atoms with Gasteiger partial charge in [0.1, 0.15) is 12.1 Å². The molecule has 0 saturated carbocycles. The third kappa shape index (κ3) is 11.0. The zero-order valence-electron chi connectivity index (χ0n) is 16.3. The molecule has 0 spiro atoms. The minimum absolute atomic E-state index is 0.181. The minimum atomic E-state index is -1.42. The molecule has 2 atom stereocenters. The van der Waals surface area contributed by atoms with E-state index in [0.717, 1.165) is 9.13 Å². The third-order valence-corrected chi connectivity index (χ3v) is 4.91. The number of hydrogen-bond acceptors (Lipinski definition) is 5. The van der Waals surface area contributed by atoms with E-state index in [1.807, 2.05) is 24.3 Å². The predicted octanol–water partition coefficient (Wildman–Crippen LogP) is 1.62. The van der Waals surface area contributed by atoms with Crippen molar-refractivity contribution in [3.8, 4) is 0 Å².